The third-order valence-electron chi connectivity index (χ3n) is 2.51. The molecule has 4 heteroatoms. The van der Waals surface area contributed by atoms with Crippen LogP contribution in [0.3, 0.4) is 0 Å². The Morgan fingerprint density at radius 2 is 2.08 bits per heavy atom. The lowest BCUT2D eigenvalue weighted by atomic mass is 9.79. The molecule has 0 amide bonds. The fourth-order valence-electron chi connectivity index (χ4n) is 1.76. The first-order valence-electron chi connectivity index (χ1n) is 4.35. The van der Waals surface area contributed by atoms with E-state index < -0.39 is 13.2 Å². The summed E-state index contributed by atoms with van der Waals surface area (Å²) in [5, 5.41) is 27.4. The van der Waals surface area contributed by atoms with E-state index in [0.717, 1.165) is 24.0 Å². The molecule has 0 aromatic heterocycles. The molecule has 0 fully saturated rings. The van der Waals surface area contributed by atoms with E-state index >= 15 is 0 Å². The van der Waals surface area contributed by atoms with Crippen molar-refractivity contribution in [3.63, 3.8) is 0 Å². The Labute approximate surface area is 76.8 Å². The second kappa shape index (κ2) is 3.14. The van der Waals surface area contributed by atoms with Crippen LogP contribution < -0.4 is 5.46 Å². The van der Waals surface area contributed by atoms with Gasteiger partial charge in [0.2, 0.25) is 0 Å². The molecular formula is C9H11BO3. The van der Waals surface area contributed by atoms with E-state index in [4.69, 9.17) is 10.0 Å². The highest BCUT2D eigenvalue weighted by atomic mass is 16.4. The Hall–Kier alpha value is -0.835. The molecule has 0 heterocycles. The van der Waals surface area contributed by atoms with E-state index in [1.807, 2.05) is 6.07 Å². The van der Waals surface area contributed by atoms with Crippen molar-refractivity contribution < 1.29 is 15.2 Å². The summed E-state index contributed by atoms with van der Waals surface area (Å²) in [7, 11) is -1.45. The van der Waals surface area contributed by atoms with Gasteiger partial charge in [-0.25, -0.2) is 0 Å². The average molecular weight is 178 g/mol. The highest BCUT2D eigenvalue weighted by molar-refractivity contribution is 6.58. The van der Waals surface area contributed by atoms with Gasteiger partial charge in [-0.1, -0.05) is 18.2 Å². The van der Waals surface area contributed by atoms with Gasteiger partial charge in [0.05, 0.1) is 6.10 Å². The Kier molecular flexibility index (Phi) is 2.11. The van der Waals surface area contributed by atoms with Crippen LogP contribution in [0.5, 0.6) is 0 Å². The zero-order chi connectivity index (χ0) is 9.42. The Balaban J connectivity index is 2.42. The number of fused-ring (bicyclic) bond motifs is 1. The van der Waals surface area contributed by atoms with Gasteiger partial charge in [-0.05, 0) is 29.4 Å². The lowest BCUT2D eigenvalue weighted by molar-refractivity contribution is 0.180. The van der Waals surface area contributed by atoms with Gasteiger partial charge in [-0.3, -0.25) is 0 Å². The molecular weight excluding hydrogens is 167 g/mol. The molecule has 68 valence electrons. The molecule has 1 aromatic carbocycles. The van der Waals surface area contributed by atoms with Crippen LogP contribution in [0.15, 0.2) is 18.2 Å². The van der Waals surface area contributed by atoms with Crippen LogP contribution in [0.4, 0.5) is 0 Å². The number of aliphatic hydroxyl groups is 1. The van der Waals surface area contributed by atoms with E-state index in [-0.39, 0.29) is 0 Å². The molecule has 0 bridgehead atoms. The molecule has 3 nitrogen and oxygen atoms in total. The van der Waals surface area contributed by atoms with Crippen molar-refractivity contribution in [2.45, 2.75) is 18.9 Å². The number of aryl methyl sites for hydroxylation is 1. The molecule has 0 saturated carbocycles. The minimum absolute atomic E-state index is 0.436. The topological polar surface area (TPSA) is 60.7 Å². The van der Waals surface area contributed by atoms with Gasteiger partial charge in [0.15, 0.2) is 0 Å². The average Bonchev–Trinajstić information content (AvgIpc) is 2.47. The number of benzene rings is 1. The summed E-state index contributed by atoms with van der Waals surface area (Å²) in [6.45, 7) is 0. The van der Waals surface area contributed by atoms with Gasteiger partial charge in [-0.2, -0.15) is 0 Å². The summed E-state index contributed by atoms with van der Waals surface area (Å²) >= 11 is 0. The second-order valence-electron chi connectivity index (χ2n) is 3.39. The normalized spacial score (nSPS) is 20.1. The van der Waals surface area contributed by atoms with Crippen LogP contribution >= 0.6 is 0 Å². The summed E-state index contributed by atoms with van der Waals surface area (Å²) in [6, 6.07) is 5.19. The fraction of sp³-hybridized carbons (Fsp3) is 0.333. The first kappa shape index (κ1) is 8.75. The van der Waals surface area contributed by atoms with Gasteiger partial charge >= 0.3 is 7.12 Å². The molecule has 13 heavy (non-hydrogen) atoms. The second-order valence-corrected chi connectivity index (χ2v) is 3.39. The number of rotatable bonds is 1. The van der Waals surface area contributed by atoms with Gasteiger partial charge in [-0.15, -0.1) is 0 Å². The van der Waals surface area contributed by atoms with Crippen LogP contribution in [-0.4, -0.2) is 22.3 Å². The van der Waals surface area contributed by atoms with Crippen LogP contribution in [0.25, 0.3) is 0 Å². The van der Waals surface area contributed by atoms with Crippen LogP contribution in [0, 0.1) is 0 Å². The molecule has 0 radical (unpaired) electrons. The van der Waals surface area contributed by atoms with Crippen molar-refractivity contribution >= 4 is 12.6 Å². The maximum Gasteiger partial charge on any atom is 0.488 e. The van der Waals surface area contributed by atoms with Gasteiger partial charge < -0.3 is 15.2 Å². The number of aliphatic hydroxyl groups excluding tert-OH is 1. The molecule has 2 rings (SSSR count). The largest absolute Gasteiger partial charge is 0.488 e. The predicted molar refractivity (Wildman–Crippen MR) is 49.5 cm³/mol. The van der Waals surface area contributed by atoms with Crippen molar-refractivity contribution in [2.24, 2.45) is 0 Å². The zero-order valence-corrected chi connectivity index (χ0v) is 7.14. The smallest absolute Gasteiger partial charge is 0.423 e. The van der Waals surface area contributed by atoms with Crippen molar-refractivity contribution in [1.29, 1.82) is 0 Å². The van der Waals surface area contributed by atoms with E-state index in [0.29, 0.717) is 5.46 Å². The third-order valence-corrected chi connectivity index (χ3v) is 2.51. The molecule has 1 unspecified atom stereocenters. The predicted octanol–water partition coefficient (Wildman–Crippen LogP) is -0.654. The molecule has 1 aliphatic carbocycles. The molecule has 1 aromatic rings. The Bertz CT molecular complexity index is 325. The van der Waals surface area contributed by atoms with E-state index in [1.165, 1.54) is 0 Å². The minimum Gasteiger partial charge on any atom is -0.423 e. The van der Waals surface area contributed by atoms with Gasteiger partial charge in [0, 0.05) is 0 Å². The molecule has 0 aliphatic heterocycles. The monoisotopic (exact) mass is 178 g/mol. The SMILES string of the molecule is OB(O)c1ccc2c(c1)C(O)CC2. The summed E-state index contributed by atoms with van der Waals surface area (Å²) in [4.78, 5) is 0. The minimum atomic E-state index is -1.45. The molecule has 0 spiro atoms. The Morgan fingerprint density at radius 3 is 2.77 bits per heavy atom. The van der Waals surface area contributed by atoms with Crippen molar-refractivity contribution in [3.8, 4) is 0 Å². The lowest BCUT2D eigenvalue weighted by Crippen LogP contribution is -2.30. The van der Waals surface area contributed by atoms with Crippen LogP contribution in [0.2, 0.25) is 0 Å². The third kappa shape index (κ3) is 1.48. The molecule has 3 N–H and O–H groups in total. The van der Waals surface area contributed by atoms with Crippen molar-refractivity contribution in [3.05, 3.63) is 29.3 Å². The van der Waals surface area contributed by atoms with Gasteiger partial charge in [0.25, 0.3) is 0 Å². The van der Waals surface area contributed by atoms with E-state index in [1.54, 1.807) is 12.1 Å². The Morgan fingerprint density at radius 1 is 1.31 bits per heavy atom. The maximum atomic E-state index is 9.52. The summed E-state index contributed by atoms with van der Waals surface area (Å²) in [5.41, 5.74) is 2.39. The summed E-state index contributed by atoms with van der Waals surface area (Å²) in [6.07, 6.45) is 1.17. The quantitative estimate of drug-likeness (QED) is 0.500. The number of hydrogen-bond donors (Lipinski definition) is 3. The molecule has 1 atom stereocenters. The van der Waals surface area contributed by atoms with Crippen LogP contribution in [-0.2, 0) is 6.42 Å². The molecule has 1 aliphatic rings. The zero-order valence-electron chi connectivity index (χ0n) is 7.14. The standard InChI is InChI=1S/C9H11BO3/c11-9-4-2-6-1-3-7(10(12)13)5-8(6)9/h1,3,5,9,11-13H,2,4H2. The first-order chi connectivity index (χ1) is 6.18. The summed E-state index contributed by atoms with van der Waals surface area (Å²) < 4.78 is 0. The highest BCUT2D eigenvalue weighted by Gasteiger charge is 2.22. The molecule has 0 saturated heterocycles. The van der Waals surface area contributed by atoms with Crippen molar-refractivity contribution in [2.75, 3.05) is 0 Å². The summed E-state index contributed by atoms with van der Waals surface area (Å²) in [5.74, 6) is 0. The first-order valence-corrected chi connectivity index (χ1v) is 4.35. The van der Waals surface area contributed by atoms with Gasteiger partial charge in [0.1, 0.15) is 0 Å². The number of hydrogen-bond acceptors (Lipinski definition) is 3. The fourth-order valence-corrected chi connectivity index (χ4v) is 1.76. The van der Waals surface area contributed by atoms with E-state index in [9.17, 15) is 5.11 Å². The van der Waals surface area contributed by atoms with E-state index in [2.05, 4.69) is 0 Å². The van der Waals surface area contributed by atoms with Crippen molar-refractivity contribution in [1.82, 2.24) is 0 Å². The maximum absolute atomic E-state index is 9.52. The van der Waals surface area contributed by atoms with Crippen LogP contribution in [0.1, 0.15) is 23.7 Å². The lowest BCUT2D eigenvalue weighted by Gasteiger charge is -2.06. The highest BCUT2D eigenvalue weighted by Crippen LogP contribution is 2.29.